The lowest BCUT2D eigenvalue weighted by atomic mass is 10.1. The van der Waals surface area contributed by atoms with Gasteiger partial charge in [-0.25, -0.2) is 0 Å². The smallest absolute Gasteiger partial charge is 0.238 e. The van der Waals surface area contributed by atoms with Gasteiger partial charge >= 0.3 is 0 Å². The van der Waals surface area contributed by atoms with Gasteiger partial charge < -0.3 is 5.32 Å². The van der Waals surface area contributed by atoms with Crippen molar-refractivity contribution in [3.8, 4) is 0 Å². The van der Waals surface area contributed by atoms with E-state index in [0.29, 0.717) is 0 Å². The number of amides is 1. The first-order valence-corrected chi connectivity index (χ1v) is 5.45. The molecule has 1 unspecified atom stereocenters. The van der Waals surface area contributed by atoms with E-state index in [1.165, 1.54) is 5.56 Å². The number of halogens is 1. The Morgan fingerprint density at radius 3 is 2.27 bits per heavy atom. The van der Waals surface area contributed by atoms with Crippen molar-refractivity contribution in [2.45, 2.75) is 32.2 Å². The lowest BCUT2D eigenvalue weighted by Gasteiger charge is -2.15. The van der Waals surface area contributed by atoms with Crippen LogP contribution in [0.15, 0.2) is 24.3 Å². The maximum atomic E-state index is 11.4. The minimum atomic E-state index is -0.488. The fourth-order valence-corrected chi connectivity index (χ4v) is 1.33. The maximum Gasteiger partial charge on any atom is 0.238 e. The number of nitrogens with one attached hydrogen (secondary N) is 1. The Hall–Kier alpha value is -1.02. The maximum absolute atomic E-state index is 11.4. The Kier molecular flexibility index (Phi) is 4.15. The second-order valence-electron chi connectivity index (χ2n) is 3.76. The summed E-state index contributed by atoms with van der Waals surface area (Å²) in [6.07, 6.45) is 0. The van der Waals surface area contributed by atoms with E-state index in [9.17, 15) is 4.79 Å². The number of carbonyl (C=O) groups excluding carboxylic acids is 1. The molecule has 2 nitrogen and oxygen atoms in total. The zero-order chi connectivity index (χ0) is 11.4. The number of hydrogen-bond donors (Lipinski definition) is 1. The van der Waals surface area contributed by atoms with Gasteiger partial charge in [0.25, 0.3) is 0 Å². The van der Waals surface area contributed by atoms with Gasteiger partial charge in [0.15, 0.2) is 0 Å². The van der Waals surface area contributed by atoms with Gasteiger partial charge in [-0.15, -0.1) is 11.6 Å². The molecule has 0 spiro atoms. The first kappa shape index (κ1) is 12.1. The van der Waals surface area contributed by atoms with Crippen molar-refractivity contribution < 1.29 is 4.79 Å². The molecule has 0 radical (unpaired) electrons. The molecule has 0 saturated carbocycles. The Balaban J connectivity index is 2.65. The summed E-state index contributed by atoms with van der Waals surface area (Å²) in [5.74, 6) is -0.134. The third-order valence-electron chi connectivity index (χ3n) is 2.30. The highest BCUT2D eigenvalue weighted by molar-refractivity contribution is 6.30. The van der Waals surface area contributed by atoms with Crippen LogP contribution in [0.3, 0.4) is 0 Å². The van der Waals surface area contributed by atoms with Crippen LogP contribution < -0.4 is 5.32 Å². The number of aryl methyl sites for hydroxylation is 1. The van der Waals surface area contributed by atoms with Crippen molar-refractivity contribution in [2.75, 3.05) is 0 Å². The van der Waals surface area contributed by atoms with Gasteiger partial charge in [-0.1, -0.05) is 29.8 Å². The molecule has 2 atom stereocenters. The van der Waals surface area contributed by atoms with E-state index in [4.69, 9.17) is 11.6 Å². The minimum absolute atomic E-state index is 0.000648. The van der Waals surface area contributed by atoms with E-state index in [-0.39, 0.29) is 11.9 Å². The average molecular weight is 226 g/mol. The van der Waals surface area contributed by atoms with Gasteiger partial charge in [0.05, 0.1) is 6.04 Å². The summed E-state index contributed by atoms with van der Waals surface area (Å²) < 4.78 is 0. The fourth-order valence-electron chi connectivity index (χ4n) is 1.27. The Labute approximate surface area is 95.6 Å². The SMILES string of the molecule is Cc1ccc([C@@H](C)NC(=O)C(C)Cl)cc1. The zero-order valence-electron chi connectivity index (χ0n) is 9.25. The van der Waals surface area contributed by atoms with E-state index in [1.807, 2.05) is 38.1 Å². The summed E-state index contributed by atoms with van der Waals surface area (Å²) >= 11 is 5.67. The molecule has 0 aliphatic heterocycles. The summed E-state index contributed by atoms with van der Waals surface area (Å²) in [5, 5.41) is 2.36. The molecule has 0 aliphatic rings. The largest absolute Gasteiger partial charge is 0.348 e. The van der Waals surface area contributed by atoms with Crippen LogP contribution in [0.1, 0.15) is 31.0 Å². The lowest BCUT2D eigenvalue weighted by Crippen LogP contribution is -2.31. The van der Waals surface area contributed by atoms with E-state index in [2.05, 4.69) is 5.32 Å². The molecule has 1 aromatic carbocycles. The van der Waals surface area contributed by atoms with Crippen LogP contribution in [-0.2, 0) is 4.79 Å². The second-order valence-corrected chi connectivity index (χ2v) is 4.41. The highest BCUT2D eigenvalue weighted by atomic mass is 35.5. The van der Waals surface area contributed by atoms with Crippen molar-refractivity contribution in [3.63, 3.8) is 0 Å². The number of hydrogen-bond acceptors (Lipinski definition) is 1. The van der Waals surface area contributed by atoms with Crippen LogP contribution in [0.4, 0.5) is 0 Å². The summed E-state index contributed by atoms with van der Waals surface area (Å²) in [7, 11) is 0. The number of rotatable bonds is 3. The Bertz CT molecular complexity index is 332. The molecule has 0 aliphatic carbocycles. The van der Waals surface area contributed by atoms with E-state index < -0.39 is 5.38 Å². The highest BCUT2D eigenvalue weighted by Crippen LogP contribution is 2.13. The standard InChI is InChI=1S/C12H16ClNO/c1-8-4-6-11(7-5-8)10(3)14-12(15)9(2)13/h4-7,9-10H,1-3H3,(H,14,15)/t9?,10-/m1/s1. The third kappa shape index (κ3) is 3.56. The summed E-state index contributed by atoms with van der Waals surface area (Å²) in [5.41, 5.74) is 2.30. The first-order chi connectivity index (χ1) is 7.00. The van der Waals surface area contributed by atoms with Crippen molar-refractivity contribution in [2.24, 2.45) is 0 Å². The molecule has 15 heavy (non-hydrogen) atoms. The van der Waals surface area contributed by atoms with Gasteiger partial charge in [0, 0.05) is 0 Å². The van der Waals surface area contributed by atoms with Crippen LogP contribution >= 0.6 is 11.6 Å². The van der Waals surface area contributed by atoms with Gasteiger partial charge in [0.1, 0.15) is 5.38 Å². The van der Waals surface area contributed by atoms with Crippen LogP contribution in [-0.4, -0.2) is 11.3 Å². The predicted molar refractivity (Wildman–Crippen MR) is 63.1 cm³/mol. The van der Waals surface area contributed by atoms with E-state index in [1.54, 1.807) is 6.92 Å². The van der Waals surface area contributed by atoms with Crippen LogP contribution in [0.5, 0.6) is 0 Å². The molecule has 1 rings (SSSR count). The lowest BCUT2D eigenvalue weighted by molar-refractivity contribution is -0.121. The van der Waals surface area contributed by atoms with E-state index >= 15 is 0 Å². The summed E-state index contributed by atoms with van der Waals surface area (Å²) in [6.45, 7) is 5.65. The molecule has 0 fully saturated rings. The molecule has 1 amide bonds. The van der Waals surface area contributed by atoms with Gasteiger partial charge in [0.2, 0.25) is 5.91 Å². The predicted octanol–water partition coefficient (Wildman–Crippen LogP) is 2.80. The Morgan fingerprint density at radius 1 is 1.27 bits per heavy atom. The van der Waals surface area contributed by atoms with Crippen LogP contribution in [0.25, 0.3) is 0 Å². The number of benzene rings is 1. The molecule has 1 N–H and O–H groups in total. The topological polar surface area (TPSA) is 29.1 Å². The van der Waals surface area contributed by atoms with E-state index in [0.717, 1.165) is 5.56 Å². The van der Waals surface area contributed by atoms with Crippen molar-refractivity contribution in [1.29, 1.82) is 0 Å². The van der Waals surface area contributed by atoms with Crippen LogP contribution in [0.2, 0.25) is 0 Å². The van der Waals surface area contributed by atoms with Gasteiger partial charge in [-0.05, 0) is 26.3 Å². The zero-order valence-corrected chi connectivity index (χ0v) is 10.0. The molecule has 82 valence electrons. The quantitative estimate of drug-likeness (QED) is 0.788. The number of alkyl halides is 1. The van der Waals surface area contributed by atoms with Gasteiger partial charge in [-0.3, -0.25) is 4.79 Å². The van der Waals surface area contributed by atoms with Crippen molar-refractivity contribution in [3.05, 3.63) is 35.4 Å². The van der Waals surface area contributed by atoms with Gasteiger partial charge in [-0.2, -0.15) is 0 Å². The second kappa shape index (κ2) is 5.17. The molecule has 0 aromatic heterocycles. The molecule has 3 heteroatoms. The average Bonchev–Trinajstić information content (AvgIpc) is 2.18. The van der Waals surface area contributed by atoms with Crippen molar-refractivity contribution >= 4 is 17.5 Å². The fraction of sp³-hybridized carbons (Fsp3) is 0.417. The van der Waals surface area contributed by atoms with Crippen LogP contribution in [0, 0.1) is 6.92 Å². The normalized spacial score (nSPS) is 14.4. The Morgan fingerprint density at radius 2 is 1.80 bits per heavy atom. The summed E-state index contributed by atoms with van der Waals surface area (Å²) in [6, 6.07) is 8.09. The van der Waals surface area contributed by atoms with Crippen molar-refractivity contribution in [1.82, 2.24) is 5.32 Å². The minimum Gasteiger partial charge on any atom is -0.348 e. The molecule has 0 heterocycles. The monoisotopic (exact) mass is 225 g/mol. The number of carbonyl (C=O) groups is 1. The molecular formula is C12H16ClNO. The molecule has 1 aromatic rings. The molecule has 0 saturated heterocycles. The molecule has 0 bridgehead atoms. The first-order valence-electron chi connectivity index (χ1n) is 5.01. The summed E-state index contributed by atoms with van der Waals surface area (Å²) in [4.78, 5) is 11.4. The third-order valence-corrected chi connectivity index (χ3v) is 2.50. The highest BCUT2D eigenvalue weighted by Gasteiger charge is 2.13. The molecular weight excluding hydrogens is 210 g/mol.